The van der Waals surface area contributed by atoms with Crippen LogP contribution in [0.1, 0.15) is 22.4 Å². The Morgan fingerprint density at radius 1 is 0.955 bits per heavy atom. The fourth-order valence-electron chi connectivity index (χ4n) is 2.31. The highest BCUT2D eigenvalue weighted by Gasteiger charge is 2.07. The van der Waals surface area contributed by atoms with E-state index >= 15 is 0 Å². The normalized spacial score (nSPS) is 11.1. The van der Waals surface area contributed by atoms with Crippen molar-refractivity contribution in [3.63, 3.8) is 0 Å². The number of aryl methyl sites for hydroxylation is 3. The fourth-order valence-corrected chi connectivity index (χ4v) is 3.42. The molecule has 0 aliphatic carbocycles. The van der Waals surface area contributed by atoms with Gasteiger partial charge in [-0.2, -0.15) is 0 Å². The molecule has 4 heteroatoms. The minimum absolute atomic E-state index is 0.844. The van der Waals surface area contributed by atoms with E-state index in [0.29, 0.717) is 0 Å². The number of halogens is 1. The summed E-state index contributed by atoms with van der Waals surface area (Å²) < 4.78 is 1.10. The molecule has 2 nitrogen and oxygen atoms in total. The molecular weight excluding hydrogens is 356 g/mol. The highest BCUT2D eigenvalue weighted by atomic mass is 79.9. The highest BCUT2D eigenvalue weighted by molar-refractivity contribution is 9.10. The zero-order valence-electron chi connectivity index (χ0n) is 12.9. The molecule has 112 valence electrons. The third kappa shape index (κ3) is 3.33. The van der Waals surface area contributed by atoms with Gasteiger partial charge in [-0.25, -0.2) is 9.97 Å². The lowest BCUT2D eigenvalue weighted by atomic mass is 10.1. The molecule has 0 aliphatic heterocycles. The summed E-state index contributed by atoms with van der Waals surface area (Å²) in [4.78, 5) is 9.36. The van der Waals surface area contributed by atoms with E-state index in [0.717, 1.165) is 32.0 Å². The molecule has 0 fully saturated rings. The summed E-state index contributed by atoms with van der Waals surface area (Å²) in [6, 6.07) is 12.7. The van der Waals surface area contributed by atoms with E-state index in [1.165, 1.54) is 16.7 Å². The SMILES string of the molecule is Cc1cc2nc(SCc3ccc(Br)cc3)nc(C)c2cc1C. The molecule has 0 bridgehead atoms. The van der Waals surface area contributed by atoms with Gasteiger partial charge in [0.1, 0.15) is 0 Å². The van der Waals surface area contributed by atoms with Gasteiger partial charge in [0.05, 0.1) is 5.52 Å². The van der Waals surface area contributed by atoms with Gasteiger partial charge in [-0.1, -0.05) is 39.8 Å². The maximum absolute atomic E-state index is 4.71. The second kappa shape index (κ2) is 6.39. The van der Waals surface area contributed by atoms with Crippen LogP contribution in [0.15, 0.2) is 46.0 Å². The Balaban J connectivity index is 1.88. The zero-order valence-corrected chi connectivity index (χ0v) is 15.3. The largest absolute Gasteiger partial charge is 0.227 e. The summed E-state index contributed by atoms with van der Waals surface area (Å²) in [5.41, 5.74) is 5.92. The summed E-state index contributed by atoms with van der Waals surface area (Å²) in [7, 11) is 0. The minimum atomic E-state index is 0.844. The Hall–Kier alpha value is -1.39. The van der Waals surface area contributed by atoms with Gasteiger partial charge in [-0.3, -0.25) is 0 Å². The molecular formula is C18H17BrN2S. The highest BCUT2D eigenvalue weighted by Crippen LogP contribution is 2.25. The first-order valence-corrected chi connectivity index (χ1v) is 8.93. The van der Waals surface area contributed by atoms with E-state index in [1.807, 2.05) is 0 Å². The lowest BCUT2D eigenvalue weighted by Gasteiger charge is -2.08. The quantitative estimate of drug-likeness (QED) is 0.441. The number of nitrogens with zero attached hydrogens (tertiary/aromatic N) is 2. The van der Waals surface area contributed by atoms with E-state index in [2.05, 4.69) is 78.1 Å². The average Bonchev–Trinajstić information content (AvgIpc) is 2.49. The van der Waals surface area contributed by atoms with Crippen molar-refractivity contribution in [2.75, 3.05) is 0 Å². The van der Waals surface area contributed by atoms with Gasteiger partial charge >= 0.3 is 0 Å². The molecule has 0 spiro atoms. The van der Waals surface area contributed by atoms with Crippen LogP contribution >= 0.6 is 27.7 Å². The molecule has 0 saturated heterocycles. The first kappa shape index (κ1) is 15.5. The predicted octanol–water partition coefficient (Wildman–Crippen LogP) is 5.61. The number of thioether (sulfide) groups is 1. The topological polar surface area (TPSA) is 25.8 Å². The molecule has 2 aromatic carbocycles. The van der Waals surface area contributed by atoms with Gasteiger partial charge in [0.15, 0.2) is 5.16 Å². The summed E-state index contributed by atoms with van der Waals surface area (Å²) in [5.74, 6) is 0.878. The van der Waals surface area contributed by atoms with Crippen LogP contribution in [-0.2, 0) is 5.75 Å². The lowest BCUT2D eigenvalue weighted by Crippen LogP contribution is -1.95. The molecule has 0 amide bonds. The van der Waals surface area contributed by atoms with Crippen molar-refractivity contribution in [3.8, 4) is 0 Å². The van der Waals surface area contributed by atoms with Crippen molar-refractivity contribution in [2.45, 2.75) is 31.7 Å². The lowest BCUT2D eigenvalue weighted by molar-refractivity contribution is 0.967. The molecule has 0 unspecified atom stereocenters. The number of hydrogen-bond acceptors (Lipinski definition) is 3. The van der Waals surface area contributed by atoms with Crippen molar-refractivity contribution in [1.29, 1.82) is 0 Å². The zero-order chi connectivity index (χ0) is 15.7. The molecule has 22 heavy (non-hydrogen) atoms. The van der Waals surface area contributed by atoms with Gasteiger partial charge in [0, 0.05) is 21.3 Å². The predicted molar refractivity (Wildman–Crippen MR) is 97.5 cm³/mol. The molecule has 3 rings (SSSR count). The van der Waals surface area contributed by atoms with Crippen LogP contribution in [0.2, 0.25) is 0 Å². The van der Waals surface area contributed by atoms with Gasteiger partial charge in [0.25, 0.3) is 0 Å². The van der Waals surface area contributed by atoms with Crippen molar-refractivity contribution in [3.05, 3.63) is 63.3 Å². The van der Waals surface area contributed by atoms with Crippen molar-refractivity contribution in [1.82, 2.24) is 9.97 Å². The van der Waals surface area contributed by atoms with E-state index < -0.39 is 0 Å². The number of fused-ring (bicyclic) bond motifs is 1. The van der Waals surface area contributed by atoms with E-state index in [-0.39, 0.29) is 0 Å². The molecule has 0 saturated carbocycles. The molecule has 0 aliphatic rings. The van der Waals surface area contributed by atoms with Gasteiger partial charge in [0.2, 0.25) is 0 Å². The average molecular weight is 373 g/mol. The van der Waals surface area contributed by atoms with E-state index in [1.54, 1.807) is 11.8 Å². The summed E-state index contributed by atoms with van der Waals surface area (Å²) >= 11 is 5.14. The number of aromatic nitrogens is 2. The van der Waals surface area contributed by atoms with Crippen molar-refractivity contribution in [2.24, 2.45) is 0 Å². The molecule has 0 atom stereocenters. The minimum Gasteiger partial charge on any atom is -0.227 e. The van der Waals surface area contributed by atoms with Gasteiger partial charge in [-0.05, 0) is 61.7 Å². The Kier molecular flexibility index (Phi) is 4.50. The molecule has 0 N–H and O–H groups in total. The van der Waals surface area contributed by atoms with Crippen LogP contribution in [0.25, 0.3) is 10.9 Å². The van der Waals surface area contributed by atoms with E-state index in [4.69, 9.17) is 4.98 Å². The first-order chi connectivity index (χ1) is 10.5. The summed E-state index contributed by atoms with van der Waals surface area (Å²) in [5, 5.41) is 1.99. The van der Waals surface area contributed by atoms with Gasteiger partial charge < -0.3 is 0 Å². The smallest absolute Gasteiger partial charge is 0.188 e. The second-order valence-electron chi connectivity index (χ2n) is 5.46. The monoisotopic (exact) mass is 372 g/mol. The first-order valence-electron chi connectivity index (χ1n) is 7.16. The maximum atomic E-state index is 4.71. The second-order valence-corrected chi connectivity index (χ2v) is 7.32. The Labute approximate surface area is 143 Å². The van der Waals surface area contributed by atoms with Crippen LogP contribution in [-0.4, -0.2) is 9.97 Å². The Morgan fingerprint density at radius 2 is 1.64 bits per heavy atom. The fraction of sp³-hybridized carbons (Fsp3) is 0.222. The Bertz CT molecular complexity index is 829. The third-order valence-corrected chi connectivity index (χ3v) is 5.21. The summed E-state index contributed by atoms with van der Waals surface area (Å²) in [6.45, 7) is 6.31. The van der Waals surface area contributed by atoms with Crippen LogP contribution in [0.4, 0.5) is 0 Å². The van der Waals surface area contributed by atoms with Crippen molar-refractivity contribution >= 4 is 38.6 Å². The van der Waals surface area contributed by atoms with Crippen LogP contribution in [0, 0.1) is 20.8 Å². The number of benzene rings is 2. The van der Waals surface area contributed by atoms with Gasteiger partial charge in [-0.15, -0.1) is 0 Å². The van der Waals surface area contributed by atoms with Crippen LogP contribution < -0.4 is 0 Å². The standard InChI is InChI=1S/C18H17BrN2S/c1-11-8-16-13(3)20-18(21-17(16)9-12(11)2)22-10-14-4-6-15(19)7-5-14/h4-9H,10H2,1-3H3. The molecule has 0 radical (unpaired) electrons. The molecule has 3 aromatic rings. The maximum Gasteiger partial charge on any atom is 0.188 e. The molecule has 1 heterocycles. The van der Waals surface area contributed by atoms with E-state index in [9.17, 15) is 0 Å². The molecule has 1 aromatic heterocycles. The number of rotatable bonds is 3. The van der Waals surface area contributed by atoms with Crippen molar-refractivity contribution < 1.29 is 0 Å². The number of hydrogen-bond donors (Lipinski definition) is 0. The van der Waals surface area contributed by atoms with Crippen LogP contribution in [0.3, 0.4) is 0 Å². The summed E-state index contributed by atoms with van der Waals surface area (Å²) in [6.07, 6.45) is 0. The third-order valence-electron chi connectivity index (χ3n) is 3.76. The van der Waals surface area contributed by atoms with Crippen LogP contribution in [0.5, 0.6) is 0 Å². The Morgan fingerprint density at radius 3 is 2.36 bits per heavy atom.